The van der Waals surface area contributed by atoms with Gasteiger partial charge in [-0.2, -0.15) is 0 Å². The van der Waals surface area contributed by atoms with Gasteiger partial charge in [-0.25, -0.2) is 4.79 Å². The first-order valence-electron chi connectivity index (χ1n) is 9.31. The van der Waals surface area contributed by atoms with Crippen molar-refractivity contribution in [3.63, 3.8) is 0 Å². The molecule has 0 unspecified atom stereocenters. The van der Waals surface area contributed by atoms with Crippen LogP contribution in [0.4, 0.5) is 0 Å². The number of amides is 1. The van der Waals surface area contributed by atoms with Crippen molar-refractivity contribution < 1.29 is 28.2 Å². The van der Waals surface area contributed by atoms with Crippen molar-refractivity contribution in [2.24, 2.45) is 0 Å². The Hall–Kier alpha value is -3.81. The highest BCUT2D eigenvalue weighted by molar-refractivity contribution is 5.90. The van der Waals surface area contributed by atoms with Crippen LogP contribution in [0.25, 0.3) is 11.0 Å². The molecule has 1 aliphatic rings. The van der Waals surface area contributed by atoms with Crippen LogP contribution in [0.3, 0.4) is 0 Å². The van der Waals surface area contributed by atoms with Gasteiger partial charge in [-0.15, -0.1) is 0 Å². The van der Waals surface area contributed by atoms with Crippen LogP contribution in [0.1, 0.15) is 34.6 Å². The number of carbonyl (C=O) groups excluding carboxylic acids is 2. The van der Waals surface area contributed by atoms with Crippen molar-refractivity contribution >= 4 is 22.8 Å². The predicted octanol–water partition coefficient (Wildman–Crippen LogP) is 2.86. The Kier molecular flexibility index (Phi) is 5.14. The molecule has 1 aliphatic heterocycles. The molecule has 2 heterocycles. The van der Waals surface area contributed by atoms with Gasteiger partial charge in [0.1, 0.15) is 5.58 Å². The second-order valence-electron chi connectivity index (χ2n) is 6.95. The molecule has 0 fully saturated rings. The molecule has 0 radical (unpaired) electrons. The molecule has 1 amide bonds. The SMILES string of the molecule is Cc1ccc2oc(C(=O)OCC(=O)N[C@@H](C)c3ccc4c(c3)OCO4)cc(=O)c2c1. The van der Waals surface area contributed by atoms with Crippen molar-refractivity contribution in [2.45, 2.75) is 19.9 Å². The standard InChI is InChI=1S/C22H19NO7/c1-12-3-5-17-15(7-12)16(24)9-20(30-17)22(26)27-10-21(25)23-13(2)14-4-6-18-19(8-14)29-11-28-18/h3-9,13H,10-11H2,1-2H3,(H,23,25)/t13-/m0/s1. The maximum Gasteiger partial charge on any atom is 0.374 e. The third-order valence-corrected chi connectivity index (χ3v) is 4.69. The number of esters is 1. The summed E-state index contributed by atoms with van der Waals surface area (Å²) < 4.78 is 21.0. The third-order valence-electron chi connectivity index (χ3n) is 4.69. The van der Waals surface area contributed by atoms with Crippen LogP contribution >= 0.6 is 0 Å². The fraction of sp³-hybridized carbons (Fsp3) is 0.227. The van der Waals surface area contributed by atoms with Crippen molar-refractivity contribution in [1.29, 1.82) is 0 Å². The molecule has 0 aliphatic carbocycles. The summed E-state index contributed by atoms with van der Waals surface area (Å²) in [5.41, 5.74) is 1.64. The number of fused-ring (bicyclic) bond motifs is 2. The average Bonchev–Trinajstić information content (AvgIpc) is 3.20. The first kappa shape index (κ1) is 19.5. The quantitative estimate of drug-likeness (QED) is 0.646. The number of nitrogens with one attached hydrogen (secondary N) is 1. The van der Waals surface area contributed by atoms with E-state index in [1.54, 1.807) is 37.3 Å². The van der Waals surface area contributed by atoms with Gasteiger partial charge in [0.25, 0.3) is 5.91 Å². The van der Waals surface area contributed by atoms with Crippen LogP contribution in [-0.4, -0.2) is 25.3 Å². The minimum Gasteiger partial charge on any atom is -0.454 e. The molecule has 154 valence electrons. The van der Waals surface area contributed by atoms with Gasteiger partial charge in [-0.1, -0.05) is 17.7 Å². The summed E-state index contributed by atoms with van der Waals surface area (Å²) in [6, 6.07) is 11.2. The fourth-order valence-corrected chi connectivity index (χ4v) is 3.12. The molecule has 1 N–H and O–H groups in total. The van der Waals surface area contributed by atoms with Gasteiger partial charge >= 0.3 is 5.97 Å². The Balaban J connectivity index is 1.37. The second-order valence-corrected chi connectivity index (χ2v) is 6.95. The fourth-order valence-electron chi connectivity index (χ4n) is 3.12. The summed E-state index contributed by atoms with van der Waals surface area (Å²) in [4.78, 5) is 36.6. The van der Waals surface area contributed by atoms with Crippen LogP contribution in [0, 0.1) is 6.92 Å². The van der Waals surface area contributed by atoms with E-state index in [0.717, 1.165) is 17.2 Å². The van der Waals surface area contributed by atoms with E-state index >= 15 is 0 Å². The first-order valence-corrected chi connectivity index (χ1v) is 9.31. The zero-order valence-electron chi connectivity index (χ0n) is 16.4. The summed E-state index contributed by atoms with van der Waals surface area (Å²) in [7, 11) is 0. The van der Waals surface area contributed by atoms with Crippen LogP contribution in [0.5, 0.6) is 11.5 Å². The summed E-state index contributed by atoms with van der Waals surface area (Å²) in [6.45, 7) is 3.30. The summed E-state index contributed by atoms with van der Waals surface area (Å²) in [5, 5.41) is 3.11. The largest absolute Gasteiger partial charge is 0.454 e. The van der Waals surface area contributed by atoms with Gasteiger partial charge in [0.2, 0.25) is 12.6 Å². The normalized spacial score (nSPS) is 13.1. The van der Waals surface area contributed by atoms with Crippen LogP contribution < -0.4 is 20.2 Å². The van der Waals surface area contributed by atoms with Crippen molar-refractivity contribution in [3.05, 3.63) is 69.6 Å². The van der Waals surface area contributed by atoms with Crippen molar-refractivity contribution in [1.82, 2.24) is 5.32 Å². The summed E-state index contributed by atoms with van der Waals surface area (Å²) >= 11 is 0. The number of hydrogen-bond acceptors (Lipinski definition) is 7. The van der Waals surface area contributed by atoms with Crippen molar-refractivity contribution in [3.8, 4) is 11.5 Å². The zero-order chi connectivity index (χ0) is 21.3. The topological polar surface area (TPSA) is 104 Å². The molecule has 2 aromatic carbocycles. The maximum atomic E-state index is 12.2. The molecule has 1 atom stereocenters. The number of rotatable bonds is 5. The molecular weight excluding hydrogens is 390 g/mol. The van der Waals surface area contributed by atoms with E-state index in [0.29, 0.717) is 16.9 Å². The highest BCUT2D eigenvalue weighted by atomic mass is 16.7. The van der Waals surface area contributed by atoms with E-state index in [2.05, 4.69) is 5.32 Å². The van der Waals surface area contributed by atoms with E-state index in [1.165, 1.54) is 0 Å². The van der Waals surface area contributed by atoms with Crippen molar-refractivity contribution in [2.75, 3.05) is 13.4 Å². The molecule has 0 spiro atoms. The second kappa shape index (κ2) is 7.90. The lowest BCUT2D eigenvalue weighted by molar-refractivity contribution is -0.124. The molecule has 0 saturated carbocycles. The molecule has 0 bridgehead atoms. The summed E-state index contributed by atoms with van der Waals surface area (Å²) in [6.07, 6.45) is 0. The van der Waals surface area contributed by atoms with Gasteiger partial charge in [0.15, 0.2) is 23.5 Å². The Morgan fingerprint density at radius 3 is 2.73 bits per heavy atom. The van der Waals surface area contributed by atoms with Gasteiger partial charge < -0.3 is 23.9 Å². The Morgan fingerprint density at radius 2 is 1.90 bits per heavy atom. The summed E-state index contributed by atoms with van der Waals surface area (Å²) in [5.74, 6) is -0.375. The molecule has 0 saturated heterocycles. The molecule has 3 aromatic rings. The van der Waals surface area contributed by atoms with E-state index < -0.39 is 18.5 Å². The molecule has 4 rings (SSSR count). The van der Waals surface area contributed by atoms with Gasteiger partial charge in [-0.3, -0.25) is 9.59 Å². The predicted molar refractivity (Wildman–Crippen MR) is 107 cm³/mol. The number of benzene rings is 2. The molecule has 8 heteroatoms. The maximum absolute atomic E-state index is 12.2. The highest BCUT2D eigenvalue weighted by Gasteiger charge is 2.19. The number of carbonyl (C=O) groups is 2. The minimum absolute atomic E-state index is 0.167. The lowest BCUT2D eigenvalue weighted by atomic mass is 10.1. The zero-order valence-corrected chi connectivity index (χ0v) is 16.4. The lowest BCUT2D eigenvalue weighted by Crippen LogP contribution is -2.31. The lowest BCUT2D eigenvalue weighted by Gasteiger charge is -2.15. The van der Waals surface area contributed by atoms with Crippen LogP contribution in [-0.2, 0) is 9.53 Å². The van der Waals surface area contributed by atoms with Gasteiger partial charge in [0.05, 0.1) is 11.4 Å². The van der Waals surface area contributed by atoms with Crippen LogP contribution in [0.15, 0.2) is 51.7 Å². The number of hydrogen-bond donors (Lipinski definition) is 1. The Morgan fingerprint density at radius 1 is 1.10 bits per heavy atom. The number of aryl methyl sites for hydroxylation is 1. The monoisotopic (exact) mass is 409 g/mol. The first-order chi connectivity index (χ1) is 14.4. The van der Waals surface area contributed by atoms with Crippen LogP contribution in [0.2, 0.25) is 0 Å². The van der Waals surface area contributed by atoms with E-state index in [9.17, 15) is 14.4 Å². The molecule has 8 nitrogen and oxygen atoms in total. The Labute approximate surface area is 171 Å². The third kappa shape index (κ3) is 3.98. The molecule has 30 heavy (non-hydrogen) atoms. The van der Waals surface area contributed by atoms with E-state index in [4.69, 9.17) is 18.6 Å². The smallest absolute Gasteiger partial charge is 0.374 e. The highest BCUT2D eigenvalue weighted by Crippen LogP contribution is 2.34. The molecule has 1 aromatic heterocycles. The van der Waals surface area contributed by atoms with E-state index in [1.807, 2.05) is 13.0 Å². The minimum atomic E-state index is -0.888. The average molecular weight is 409 g/mol. The van der Waals surface area contributed by atoms with E-state index in [-0.39, 0.29) is 29.6 Å². The molecular formula is C22H19NO7. The number of ether oxygens (including phenoxy) is 3. The van der Waals surface area contributed by atoms with Gasteiger partial charge in [0, 0.05) is 6.07 Å². The van der Waals surface area contributed by atoms with Gasteiger partial charge in [-0.05, 0) is 43.7 Å². The Bertz CT molecular complexity index is 1200.